The number of aliphatic hydroxyl groups excluding tert-OH is 1. The molecule has 0 saturated carbocycles. The SMILES string of the molecule is CCCCCCC(CCCCCCC(O)CCCCC)S(=O)(=O)[O-].[K+]. The second-order valence-electron chi connectivity index (χ2n) is 7.11. The number of aliphatic hydroxyl groups is 1. The maximum Gasteiger partial charge on any atom is 1.00 e. The summed E-state index contributed by atoms with van der Waals surface area (Å²) in [6.07, 6.45) is 13.8. The van der Waals surface area contributed by atoms with Gasteiger partial charge in [0.05, 0.1) is 16.2 Å². The van der Waals surface area contributed by atoms with Crippen LogP contribution in [0.2, 0.25) is 0 Å². The van der Waals surface area contributed by atoms with Crippen molar-refractivity contribution >= 4 is 10.1 Å². The Morgan fingerprint density at radius 3 is 1.52 bits per heavy atom. The maximum absolute atomic E-state index is 11.3. The molecule has 25 heavy (non-hydrogen) atoms. The summed E-state index contributed by atoms with van der Waals surface area (Å²) in [5, 5.41) is 9.15. The molecule has 0 fully saturated rings. The van der Waals surface area contributed by atoms with Crippen LogP contribution in [0.1, 0.15) is 110 Å². The fourth-order valence-corrected chi connectivity index (χ4v) is 4.02. The Labute approximate surface area is 199 Å². The summed E-state index contributed by atoms with van der Waals surface area (Å²) in [7, 11) is -4.16. The third kappa shape index (κ3) is 18.6. The fourth-order valence-electron chi connectivity index (χ4n) is 3.11. The van der Waals surface area contributed by atoms with Gasteiger partial charge in [0.1, 0.15) is 0 Å². The molecule has 0 aromatic heterocycles. The summed E-state index contributed by atoms with van der Waals surface area (Å²) in [5.74, 6) is 0. The number of hydrogen-bond donors (Lipinski definition) is 1. The normalized spacial score (nSPS) is 14.1. The zero-order valence-electron chi connectivity index (χ0n) is 16.8. The molecule has 0 rings (SSSR count). The molecule has 2 atom stereocenters. The van der Waals surface area contributed by atoms with Crippen molar-refractivity contribution in [1.29, 1.82) is 0 Å². The number of rotatable bonds is 17. The van der Waals surface area contributed by atoms with Gasteiger partial charge in [0.2, 0.25) is 0 Å². The van der Waals surface area contributed by atoms with Crippen LogP contribution >= 0.6 is 0 Å². The quantitative estimate of drug-likeness (QED) is 0.230. The predicted octanol–water partition coefficient (Wildman–Crippen LogP) is 2.16. The van der Waals surface area contributed by atoms with Crippen molar-refractivity contribution in [2.24, 2.45) is 0 Å². The number of hydrogen-bond acceptors (Lipinski definition) is 4. The monoisotopic (exact) mass is 402 g/mol. The largest absolute Gasteiger partial charge is 1.00 e. The van der Waals surface area contributed by atoms with E-state index in [0.717, 1.165) is 70.6 Å². The van der Waals surface area contributed by atoms with E-state index in [1.54, 1.807) is 0 Å². The van der Waals surface area contributed by atoms with Crippen LogP contribution in [0.3, 0.4) is 0 Å². The molecule has 0 aromatic rings. The van der Waals surface area contributed by atoms with Gasteiger partial charge in [-0.25, -0.2) is 8.42 Å². The Hall–Kier alpha value is 1.51. The summed E-state index contributed by atoms with van der Waals surface area (Å²) in [5.41, 5.74) is 0. The molecule has 0 radical (unpaired) electrons. The minimum atomic E-state index is -4.16. The molecule has 0 aliphatic heterocycles. The van der Waals surface area contributed by atoms with Gasteiger partial charge >= 0.3 is 51.4 Å². The third-order valence-corrected chi connectivity index (χ3v) is 6.03. The van der Waals surface area contributed by atoms with Crippen LogP contribution < -0.4 is 51.4 Å². The molecule has 0 aliphatic rings. The van der Waals surface area contributed by atoms with Crippen LogP contribution in [0.25, 0.3) is 0 Å². The van der Waals surface area contributed by atoms with Gasteiger partial charge in [-0.3, -0.25) is 0 Å². The van der Waals surface area contributed by atoms with E-state index < -0.39 is 15.4 Å². The van der Waals surface area contributed by atoms with Crippen LogP contribution in [-0.2, 0) is 10.1 Å². The number of unbranched alkanes of at least 4 members (excludes halogenated alkanes) is 8. The topological polar surface area (TPSA) is 77.4 Å². The van der Waals surface area contributed by atoms with Gasteiger partial charge in [-0.2, -0.15) is 0 Å². The van der Waals surface area contributed by atoms with Crippen molar-refractivity contribution in [2.75, 3.05) is 0 Å². The van der Waals surface area contributed by atoms with Crippen molar-refractivity contribution in [3.63, 3.8) is 0 Å². The van der Waals surface area contributed by atoms with Gasteiger partial charge < -0.3 is 9.66 Å². The van der Waals surface area contributed by atoms with Crippen LogP contribution in [0.4, 0.5) is 0 Å². The molecule has 0 heterocycles. The van der Waals surface area contributed by atoms with Gasteiger partial charge in [-0.1, -0.05) is 84.5 Å². The van der Waals surface area contributed by atoms with Crippen LogP contribution in [-0.4, -0.2) is 29.4 Å². The van der Waals surface area contributed by atoms with E-state index in [1.165, 1.54) is 12.8 Å². The zero-order chi connectivity index (χ0) is 18.3. The molecule has 0 spiro atoms. The van der Waals surface area contributed by atoms with Crippen molar-refractivity contribution in [2.45, 2.75) is 122 Å². The van der Waals surface area contributed by atoms with E-state index in [1.807, 2.05) is 0 Å². The van der Waals surface area contributed by atoms with E-state index >= 15 is 0 Å². The molecule has 0 aliphatic carbocycles. The van der Waals surface area contributed by atoms with Crippen LogP contribution in [0.5, 0.6) is 0 Å². The first-order chi connectivity index (χ1) is 11.4. The molecule has 4 nitrogen and oxygen atoms in total. The molecule has 0 amide bonds. The molecule has 6 heteroatoms. The Kier molecular flexibility index (Phi) is 21.7. The Morgan fingerprint density at radius 1 is 0.720 bits per heavy atom. The van der Waals surface area contributed by atoms with E-state index in [4.69, 9.17) is 0 Å². The molecule has 0 aromatic carbocycles. The smallest absolute Gasteiger partial charge is 0.748 e. The van der Waals surface area contributed by atoms with Crippen molar-refractivity contribution < 1.29 is 69.5 Å². The Bertz CT molecular complexity index is 374. The third-order valence-electron chi connectivity index (χ3n) is 4.74. The zero-order valence-corrected chi connectivity index (χ0v) is 20.8. The van der Waals surface area contributed by atoms with E-state index in [-0.39, 0.29) is 57.5 Å². The van der Waals surface area contributed by atoms with Gasteiger partial charge in [0.25, 0.3) is 0 Å². The van der Waals surface area contributed by atoms with Crippen molar-refractivity contribution in [3.8, 4) is 0 Å². The van der Waals surface area contributed by atoms with Crippen molar-refractivity contribution in [1.82, 2.24) is 0 Å². The first-order valence-corrected chi connectivity index (χ1v) is 11.5. The molecule has 2 unspecified atom stereocenters. The molecule has 0 saturated heterocycles. The minimum absolute atomic E-state index is 0. The summed E-state index contributed by atoms with van der Waals surface area (Å²) >= 11 is 0. The summed E-state index contributed by atoms with van der Waals surface area (Å²) < 4.78 is 34.0. The van der Waals surface area contributed by atoms with E-state index in [2.05, 4.69) is 13.8 Å². The first-order valence-electron chi connectivity index (χ1n) is 10.0. The van der Waals surface area contributed by atoms with Gasteiger partial charge in [0.15, 0.2) is 0 Å². The average Bonchev–Trinajstić information content (AvgIpc) is 2.51. The summed E-state index contributed by atoms with van der Waals surface area (Å²) in [6, 6.07) is 0. The fraction of sp³-hybridized carbons (Fsp3) is 1.00. The van der Waals surface area contributed by atoms with E-state index in [9.17, 15) is 18.1 Å². The van der Waals surface area contributed by atoms with E-state index in [0.29, 0.717) is 12.8 Å². The maximum atomic E-state index is 11.3. The molecular weight excluding hydrogens is 363 g/mol. The second kappa shape index (κ2) is 18.9. The first kappa shape index (κ1) is 28.7. The standard InChI is InChI=1S/C19H40O4S.K/c1-3-5-7-12-16-19(24(21,22)23)17-13-9-8-11-15-18(20)14-10-6-4-2;/h18-20H,3-17H2,1-2H3,(H,21,22,23);/q;+1/p-1. The molecule has 1 N–H and O–H groups in total. The Balaban J connectivity index is 0. The van der Waals surface area contributed by atoms with Crippen LogP contribution in [0, 0.1) is 0 Å². The van der Waals surface area contributed by atoms with Gasteiger partial charge in [-0.15, -0.1) is 0 Å². The Morgan fingerprint density at radius 2 is 1.08 bits per heavy atom. The van der Waals surface area contributed by atoms with Gasteiger partial charge in [0, 0.05) is 5.25 Å². The van der Waals surface area contributed by atoms with Gasteiger partial charge in [-0.05, 0) is 25.7 Å². The molecular formula is C19H39KO4S. The average molecular weight is 403 g/mol. The second-order valence-corrected chi connectivity index (χ2v) is 8.76. The van der Waals surface area contributed by atoms with Crippen LogP contribution in [0.15, 0.2) is 0 Å². The molecule has 146 valence electrons. The summed E-state index contributed by atoms with van der Waals surface area (Å²) in [6.45, 7) is 4.27. The molecule has 0 bridgehead atoms. The predicted molar refractivity (Wildman–Crippen MR) is 100 cm³/mol. The van der Waals surface area contributed by atoms with Crippen molar-refractivity contribution in [3.05, 3.63) is 0 Å². The minimum Gasteiger partial charge on any atom is -0.748 e. The summed E-state index contributed by atoms with van der Waals surface area (Å²) in [4.78, 5) is 0.